The van der Waals surface area contributed by atoms with E-state index in [2.05, 4.69) is 24.2 Å². The number of aliphatic carboxylic acids is 2. The molecule has 1 aliphatic heterocycles. The van der Waals surface area contributed by atoms with Crippen LogP contribution in [0.5, 0.6) is 5.75 Å². The number of ether oxygens (including phenoxy) is 1. The molecule has 0 aromatic heterocycles. The number of esters is 1. The van der Waals surface area contributed by atoms with Crippen molar-refractivity contribution in [2.75, 3.05) is 20.1 Å². The molecule has 200 valence electrons. The number of hydrogen-bond donors (Lipinski definition) is 4. The molecule has 1 fully saturated rings. The van der Waals surface area contributed by atoms with E-state index in [9.17, 15) is 34.5 Å². The standard InChI is InChI=1S/C26H38N2O8/c1-5-25(11-6-7-12-28(4)16-25)18-9-8-10-19(13-18)36-21(30)15-26(35,24(33)34)14-20(29)27-22(17(2)3)23(31)32/h8-10,13,17,22,35H,5-7,11-12,14-16H2,1-4H3,(H,27,29)(H,31,32)(H,33,34)/t22-,25?,26-/m0/s1. The predicted molar refractivity (Wildman–Crippen MR) is 132 cm³/mol. The molecule has 4 N–H and O–H groups in total. The molecule has 10 nitrogen and oxygen atoms in total. The van der Waals surface area contributed by atoms with Crippen LogP contribution in [0.1, 0.15) is 64.9 Å². The second-order valence-corrected chi connectivity index (χ2v) is 10.1. The Morgan fingerprint density at radius 1 is 1.17 bits per heavy atom. The zero-order valence-electron chi connectivity index (χ0n) is 21.5. The Balaban J connectivity index is 2.15. The SMILES string of the molecule is CCC1(c2cccc(OC(=O)C[C@@](O)(CC(=O)N[C@H](C(=O)O)C(C)C)C(=O)O)c2)CCCCN(C)C1. The van der Waals surface area contributed by atoms with Gasteiger partial charge in [0.1, 0.15) is 11.8 Å². The fourth-order valence-electron chi connectivity index (χ4n) is 4.76. The second-order valence-electron chi connectivity index (χ2n) is 10.1. The molecule has 0 spiro atoms. The molecule has 1 saturated heterocycles. The second kappa shape index (κ2) is 12.3. The van der Waals surface area contributed by atoms with Crippen molar-refractivity contribution < 1.29 is 39.2 Å². The third-order valence-electron chi connectivity index (χ3n) is 6.91. The Bertz CT molecular complexity index is 965. The molecule has 1 amide bonds. The lowest BCUT2D eigenvalue weighted by Crippen LogP contribution is -2.50. The lowest BCUT2D eigenvalue weighted by atomic mass is 9.74. The molecule has 1 aromatic carbocycles. The van der Waals surface area contributed by atoms with Crippen molar-refractivity contribution >= 4 is 23.8 Å². The van der Waals surface area contributed by atoms with Crippen molar-refractivity contribution in [3.63, 3.8) is 0 Å². The lowest BCUT2D eigenvalue weighted by Gasteiger charge is -2.35. The molecule has 1 aliphatic rings. The van der Waals surface area contributed by atoms with Crippen molar-refractivity contribution in [3.05, 3.63) is 29.8 Å². The van der Waals surface area contributed by atoms with E-state index in [1.807, 2.05) is 6.07 Å². The first kappa shape index (κ1) is 29.3. The number of carboxylic acid groups (broad SMARTS) is 2. The number of benzene rings is 1. The first-order chi connectivity index (χ1) is 16.8. The summed E-state index contributed by atoms with van der Waals surface area (Å²) in [7, 11) is 2.09. The highest BCUT2D eigenvalue weighted by atomic mass is 16.5. The van der Waals surface area contributed by atoms with Crippen LogP contribution in [0.2, 0.25) is 0 Å². The number of hydrogen-bond acceptors (Lipinski definition) is 7. The predicted octanol–water partition coefficient (Wildman–Crippen LogP) is 2.18. The van der Waals surface area contributed by atoms with E-state index in [0.717, 1.165) is 44.3 Å². The summed E-state index contributed by atoms with van der Waals surface area (Å²) in [4.78, 5) is 50.3. The van der Waals surface area contributed by atoms with Crippen LogP contribution in [0.25, 0.3) is 0 Å². The maximum absolute atomic E-state index is 12.6. The number of carboxylic acids is 2. The van der Waals surface area contributed by atoms with Crippen LogP contribution in [0.4, 0.5) is 0 Å². The third kappa shape index (κ3) is 7.51. The van der Waals surface area contributed by atoms with Crippen LogP contribution in [-0.4, -0.2) is 75.8 Å². The van der Waals surface area contributed by atoms with Crippen LogP contribution in [0.15, 0.2) is 24.3 Å². The van der Waals surface area contributed by atoms with Crippen LogP contribution in [0.3, 0.4) is 0 Å². The number of likely N-dealkylation sites (tertiary alicyclic amines) is 1. The molecule has 0 radical (unpaired) electrons. The van der Waals surface area contributed by atoms with Gasteiger partial charge in [-0.25, -0.2) is 9.59 Å². The van der Waals surface area contributed by atoms with Gasteiger partial charge in [-0.3, -0.25) is 9.59 Å². The van der Waals surface area contributed by atoms with E-state index in [1.165, 1.54) is 0 Å². The van der Waals surface area contributed by atoms with Crippen LogP contribution in [-0.2, 0) is 24.6 Å². The number of rotatable bonds is 11. The molecular weight excluding hydrogens is 468 g/mol. The minimum Gasteiger partial charge on any atom is -0.480 e. The Labute approximate surface area is 211 Å². The summed E-state index contributed by atoms with van der Waals surface area (Å²) in [5.74, 6) is -5.35. The first-order valence-electron chi connectivity index (χ1n) is 12.3. The van der Waals surface area contributed by atoms with Crippen LogP contribution >= 0.6 is 0 Å². The normalized spacial score (nSPS) is 21.2. The molecule has 10 heteroatoms. The molecule has 1 heterocycles. The summed E-state index contributed by atoms with van der Waals surface area (Å²) in [6.07, 6.45) is 2.09. The number of nitrogens with zero attached hydrogens (tertiary/aromatic N) is 1. The molecule has 0 bridgehead atoms. The Morgan fingerprint density at radius 3 is 2.44 bits per heavy atom. The fourth-order valence-corrected chi connectivity index (χ4v) is 4.76. The maximum atomic E-state index is 12.6. The first-order valence-corrected chi connectivity index (χ1v) is 12.3. The minimum atomic E-state index is -2.76. The van der Waals surface area contributed by atoms with Gasteiger partial charge in [0.05, 0.1) is 12.8 Å². The monoisotopic (exact) mass is 506 g/mol. The van der Waals surface area contributed by atoms with E-state index in [4.69, 9.17) is 4.74 Å². The third-order valence-corrected chi connectivity index (χ3v) is 6.91. The Kier molecular flexibility index (Phi) is 10.0. The smallest absolute Gasteiger partial charge is 0.336 e. The average molecular weight is 507 g/mol. The van der Waals surface area contributed by atoms with Gasteiger partial charge >= 0.3 is 17.9 Å². The zero-order valence-corrected chi connectivity index (χ0v) is 21.5. The summed E-state index contributed by atoms with van der Waals surface area (Å²) in [6.45, 7) is 7.15. The molecule has 1 aromatic rings. The largest absolute Gasteiger partial charge is 0.480 e. The van der Waals surface area contributed by atoms with E-state index in [0.29, 0.717) is 0 Å². The maximum Gasteiger partial charge on any atom is 0.336 e. The molecule has 36 heavy (non-hydrogen) atoms. The van der Waals surface area contributed by atoms with Crippen molar-refractivity contribution in [1.29, 1.82) is 0 Å². The highest BCUT2D eigenvalue weighted by molar-refractivity contribution is 5.92. The quantitative estimate of drug-likeness (QED) is 0.261. The minimum absolute atomic E-state index is 0.106. The van der Waals surface area contributed by atoms with Gasteiger partial charge in [-0.1, -0.05) is 39.3 Å². The van der Waals surface area contributed by atoms with Crippen molar-refractivity contribution in [3.8, 4) is 5.75 Å². The zero-order chi connectivity index (χ0) is 27.1. The van der Waals surface area contributed by atoms with E-state index >= 15 is 0 Å². The molecule has 3 atom stereocenters. The molecule has 0 saturated carbocycles. The van der Waals surface area contributed by atoms with Crippen LogP contribution in [0, 0.1) is 5.92 Å². The summed E-state index contributed by atoms with van der Waals surface area (Å²) >= 11 is 0. The number of carbonyl (C=O) groups excluding carboxylic acids is 2. The van der Waals surface area contributed by atoms with Gasteiger partial charge in [-0.2, -0.15) is 0 Å². The number of amides is 1. The lowest BCUT2D eigenvalue weighted by molar-refractivity contribution is -0.167. The Hall–Kier alpha value is -2.98. The van der Waals surface area contributed by atoms with Crippen molar-refractivity contribution in [1.82, 2.24) is 10.2 Å². The van der Waals surface area contributed by atoms with E-state index in [-0.39, 0.29) is 11.2 Å². The molecule has 0 aliphatic carbocycles. The highest BCUT2D eigenvalue weighted by Gasteiger charge is 2.42. The van der Waals surface area contributed by atoms with Crippen molar-refractivity contribution in [2.24, 2.45) is 5.92 Å². The van der Waals surface area contributed by atoms with Crippen LogP contribution < -0.4 is 10.1 Å². The fraction of sp³-hybridized carbons (Fsp3) is 0.615. The highest BCUT2D eigenvalue weighted by Crippen LogP contribution is 2.37. The van der Waals surface area contributed by atoms with Gasteiger partial charge in [0, 0.05) is 12.0 Å². The summed E-state index contributed by atoms with van der Waals surface area (Å²) in [5, 5.41) is 31.5. The molecular formula is C26H38N2O8. The van der Waals surface area contributed by atoms with Gasteiger partial charge in [0.25, 0.3) is 0 Å². The van der Waals surface area contributed by atoms with Gasteiger partial charge in [0.15, 0.2) is 5.60 Å². The molecule has 1 unspecified atom stereocenters. The van der Waals surface area contributed by atoms with Crippen molar-refractivity contribution in [2.45, 2.75) is 76.4 Å². The van der Waals surface area contributed by atoms with Gasteiger partial charge in [0.2, 0.25) is 5.91 Å². The number of nitrogens with one attached hydrogen (secondary N) is 1. The molecule has 2 rings (SSSR count). The van der Waals surface area contributed by atoms with E-state index in [1.54, 1.807) is 32.0 Å². The number of aliphatic hydroxyl groups is 1. The summed E-state index contributed by atoms with van der Waals surface area (Å²) in [6, 6.07) is 5.85. The number of likely N-dealkylation sites (N-methyl/N-ethyl adjacent to an activating group) is 1. The van der Waals surface area contributed by atoms with Gasteiger partial charge < -0.3 is 30.3 Å². The topological polar surface area (TPSA) is 153 Å². The summed E-state index contributed by atoms with van der Waals surface area (Å²) in [5.41, 5.74) is -1.84. The average Bonchev–Trinajstić information content (AvgIpc) is 2.98. The van der Waals surface area contributed by atoms with Gasteiger partial charge in [-0.15, -0.1) is 0 Å². The Morgan fingerprint density at radius 2 is 1.86 bits per heavy atom. The number of carbonyl (C=O) groups is 4. The van der Waals surface area contributed by atoms with E-state index < -0.39 is 54.2 Å². The van der Waals surface area contributed by atoms with Gasteiger partial charge in [-0.05, 0) is 56.5 Å². The summed E-state index contributed by atoms with van der Waals surface area (Å²) < 4.78 is 5.38.